The first-order valence-electron chi connectivity index (χ1n) is 21.0. The quantitative estimate of drug-likeness (QED) is 0.0325. The number of aliphatic hydroxyl groups excluding tert-OH is 12. The number of phosphoric ester groups is 2. The summed E-state index contributed by atoms with van der Waals surface area (Å²) in [6, 6.07) is 0. The maximum absolute atomic E-state index is 12.8. The molecule has 4 aliphatic rings. The highest BCUT2D eigenvalue weighted by atomic mass is 31.3. The molecule has 4 saturated heterocycles. The molecule has 4 fully saturated rings. The lowest BCUT2D eigenvalue weighted by Gasteiger charge is -2.41. The Morgan fingerprint density at radius 2 is 0.855 bits per heavy atom. The lowest BCUT2D eigenvalue weighted by molar-refractivity contribution is -0.302. The second-order valence-electron chi connectivity index (χ2n) is 16.0. The Hall–Kier alpha value is -3.21. The SMILES string of the molecule is [BH3-][P@@](=O)(OC[C@H]1O[C@@H](n2cnc3c(N)ncnc32)[C@@H](O)C1O)OP(=O)([O-])O[C@@H]1OC(CO)[C@@H](O)[C@H](O)C1O.[BH3-][P@](=O)(OC[C@H]1O[C@@H](n2cnc3c(N)ncnc32)[C@@H](O)C1O)OP(=O)([O-])O[C@H]1OC(CO)[C@@H](O)[C@H](O)C1O. The van der Waals surface area contributed by atoms with E-state index in [0.717, 1.165) is 0 Å². The van der Waals surface area contributed by atoms with Crippen LogP contribution in [0.15, 0.2) is 25.3 Å². The summed E-state index contributed by atoms with van der Waals surface area (Å²) in [7, 11) is -22.5. The minimum atomic E-state index is -5.50. The lowest BCUT2D eigenvalue weighted by atomic mass is 10.00. The molecule has 0 aromatic carbocycles. The van der Waals surface area contributed by atoms with Crippen LogP contribution in [0.4, 0.5) is 11.6 Å². The van der Waals surface area contributed by atoms with E-state index in [0.29, 0.717) is 0 Å². The van der Waals surface area contributed by atoms with Crippen LogP contribution < -0.4 is 21.3 Å². The first kappa shape index (κ1) is 60.4. The van der Waals surface area contributed by atoms with Gasteiger partial charge in [-0.1, -0.05) is 0 Å². The molecule has 0 aliphatic carbocycles. The number of aliphatic hydroxyl groups is 12. The van der Waals surface area contributed by atoms with Gasteiger partial charge in [0.25, 0.3) is 15.6 Å². The highest BCUT2D eigenvalue weighted by Gasteiger charge is 2.49. The van der Waals surface area contributed by atoms with Crippen LogP contribution in [0.3, 0.4) is 0 Å². The predicted octanol–water partition coefficient (Wildman–Crippen LogP) is -10.4. The third-order valence-electron chi connectivity index (χ3n) is 11.2. The molecule has 8 rings (SSSR count). The van der Waals surface area contributed by atoms with Crippen molar-refractivity contribution in [3.63, 3.8) is 0 Å². The van der Waals surface area contributed by atoms with Crippen molar-refractivity contribution in [2.24, 2.45) is 0 Å². The van der Waals surface area contributed by atoms with Crippen molar-refractivity contribution >= 4 is 79.7 Å². The standard InChI is InChI=1S/2C16H27BN5O14P2/c2*17-37(29,36-38(30,31)35-16-12(28)10(26)8(24)5(1-23)34-16)32-2-6-9(25)11(27)15(33-6)22-4-21-7-13(18)19-3-20-14(7)22/h2*3-6,8-12,15-16,23-28H,1-2H2,17H3,(H,30,31)(H2,18,19,20)/q2*-1/p-2/t5?,6-,8-,9?,10+,11+,12?,15-,16+,37-;5?,6-,8-,9?,10+,11+,12?,15-,16-,37+/m11/s1. The number of ether oxygens (including phenoxy) is 4. The van der Waals surface area contributed by atoms with Gasteiger partial charge in [0.15, 0.2) is 62.9 Å². The fourth-order valence-corrected chi connectivity index (χ4v) is 10.8. The van der Waals surface area contributed by atoms with Crippen LogP contribution in [0.5, 0.6) is 0 Å². The number of nitrogens with zero attached hydrogens (tertiary/aromatic N) is 8. The van der Waals surface area contributed by atoms with Gasteiger partial charge in [0.1, 0.15) is 109 Å². The van der Waals surface area contributed by atoms with Crippen molar-refractivity contribution in [2.45, 2.75) is 110 Å². The molecular formula is C32H52B2N10O28P4-4. The molecule has 8 unspecified atom stereocenters. The Balaban J connectivity index is 0.000000221. The van der Waals surface area contributed by atoms with E-state index in [1.165, 1.54) is 34.4 Å². The lowest BCUT2D eigenvalue weighted by Crippen LogP contribution is -2.59. The Kier molecular flexibility index (Phi) is 19.0. The van der Waals surface area contributed by atoms with Crippen LogP contribution in [-0.4, -0.2) is 240 Å². The molecule has 4 aromatic rings. The number of anilines is 2. The van der Waals surface area contributed by atoms with Gasteiger partial charge < -0.3 is 120 Å². The van der Waals surface area contributed by atoms with Crippen molar-refractivity contribution < 1.29 is 135 Å². The molecule has 4 aliphatic heterocycles. The number of nitrogens with two attached hydrogens (primary N) is 2. The Morgan fingerprint density at radius 1 is 0.513 bits per heavy atom. The van der Waals surface area contributed by atoms with Gasteiger partial charge in [0, 0.05) is 0 Å². The molecule has 0 amide bonds. The van der Waals surface area contributed by atoms with Gasteiger partial charge in [-0.2, -0.15) is 0 Å². The second kappa shape index (κ2) is 23.9. The van der Waals surface area contributed by atoms with E-state index in [-0.39, 0.29) is 34.0 Å². The summed E-state index contributed by atoms with van der Waals surface area (Å²) in [5.74, 6) is 0.153. The first-order valence-corrected chi connectivity index (χ1v) is 26.1. The van der Waals surface area contributed by atoms with E-state index in [4.69, 9.17) is 39.5 Å². The molecule has 4 aromatic heterocycles. The summed E-state index contributed by atoms with van der Waals surface area (Å²) in [6.45, 7) is -2.98. The molecule has 8 heterocycles. The number of aromatic nitrogens is 8. The van der Waals surface area contributed by atoms with E-state index in [9.17, 15) is 89.3 Å². The van der Waals surface area contributed by atoms with E-state index in [2.05, 4.69) is 47.6 Å². The second-order valence-corrected chi connectivity index (χ2v) is 20.9. The average molecular weight is 1170 g/mol. The summed E-state index contributed by atoms with van der Waals surface area (Å²) in [4.78, 5) is 48.4. The van der Waals surface area contributed by atoms with E-state index < -0.39 is 183 Å². The van der Waals surface area contributed by atoms with Crippen molar-refractivity contribution in [3.8, 4) is 0 Å². The highest BCUT2D eigenvalue weighted by Crippen LogP contribution is 2.60. The van der Waals surface area contributed by atoms with E-state index in [1.54, 1.807) is 0 Å². The molecular weight excluding hydrogens is 1120 g/mol. The Labute approximate surface area is 426 Å². The summed E-state index contributed by atoms with van der Waals surface area (Å²) in [6.07, 6.45) is -24.8. The van der Waals surface area contributed by atoms with Crippen molar-refractivity contribution in [1.29, 1.82) is 0 Å². The minimum Gasteiger partial charge on any atom is -0.756 e. The molecule has 76 heavy (non-hydrogen) atoms. The van der Waals surface area contributed by atoms with Crippen molar-refractivity contribution in [2.75, 3.05) is 37.9 Å². The van der Waals surface area contributed by atoms with Crippen LogP contribution in [0.25, 0.3) is 22.3 Å². The summed E-state index contributed by atoms with van der Waals surface area (Å²) >= 11 is 0. The number of fused-ring (bicyclic) bond motifs is 2. The fourth-order valence-electron chi connectivity index (χ4n) is 7.39. The van der Waals surface area contributed by atoms with Gasteiger partial charge in [-0.25, -0.2) is 29.9 Å². The van der Waals surface area contributed by atoms with Gasteiger partial charge in [0.05, 0.1) is 54.2 Å². The summed E-state index contributed by atoms with van der Waals surface area (Å²) in [5.41, 5.74) is 12.4. The molecule has 0 spiro atoms. The molecule has 428 valence electrons. The largest absolute Gasteiger partial charge is 0.756 e. The number of hydrogen-bond donors (Lipinski definition) is 14. The summed E-state index contributed by atoms with van der Waals surface area (Å²) in [5, 5.41) is 119. The highest BCUT2D eigenvalue weighted by molar-refractivity contribution is 7.83. The van der Waals surface area contributed by atoms with Gasteiger partial charge in [-0.3, -0.25) is 35.9 Å². The fraction of sp³-hybridized carbons (Fsp3) is 0.688. The topological polar surface area (TPSA) is 589 Å². The maximum atomic E-state index is 12.8. The molecule has 0 radical (unpaired) electrons. The average Bonchev–Trinajstić information content (AvgIpc) is 4.12. The molecule has 22 atom stereocenters. The van der Waals surface area contributed by atoms with Crippen LogP contribution >= 0.6 is 30.6 Å². The van der Waals surface area contributed by atoms with Crippen LogP contribution in [0.2, 0.25) is 0 Å². The number of hydrogen-bond acceptors (Lipinski definition) is 36. The molecule has 44 heteroatoms. The first-order chi connectivity index (χ1) is 35.5. The normalized spacial score (nSPS) is 37.2. The Bertz CT molecular complexity index is 2660. The summed E-state index contributed by atoms with van der Waals surface area (Å²) < 4.78 is 103. The smallest absolute Gasteiger partial charge is 0.275 e. The van der Waals surface area contributed by atoms with Gasteiger partial charge in [0.2, 0.25) is 0 Å². The number of phosphoric acid groups is 2. The molecule has 0 bridgehead atoms. The molecule has 16 N–H and O–H groups in total. The van der Waals surface area contributed by atoms with E-state index >= 15 is 0 Å². The van der Waals surface area contributed by atoms with Crippen molar-refractivity contribution in [3.05, 3.63) is 25.3 Å². The zero-order valence-electron chi connectivity index (χ0n) is 36.9. The zero-order chi connectivity index (χ0) is 56.0. The third-order valence-corrected chi connectivity index (χ3v) is 15.5. The number of imidazole rings is 2. The van der Waals surface area contributed by atoms with Gasteiger partial charge in [-0.15, -0.1) is 0 Å². The van der Waals surface area contributed by atoms with Crippen LogP contribution in [-0.2, 0) is 63.9 Å². The molecule has 0 saturated carbocycles. The predicted molar refractivity (Wildman–Crippen MR) is 245 cm³/mol. The maximum Gasteiger partial charge on any atom is 0.275 e. The zero-order valence-corrected chi connectivity index (χ0v) is 40.5. The number of nitrogen functional groups attached to an aromatic ring is 2. The van der Waals surface area contributed by atoms with Gasteiger partial charge >= 0.3 is 0 Å². The van der Waals surface area contributed by atoms with Crippen molar-refractivity contribution in [1.82, 2.24) is 39.0 Å². The third kappa shape index (κ3) is 13.3. The monoisotopic (exact) mass is 1170 g/mol. The van der Waals surface area contributed by atoms with E-state index in [1.807, 2.05) is 0 Å². The Morgan fingerprint density at radius 3 is 1.20 bits per heavy atom. The van der Waals surface area contributed by atoms with Crippen LogP contribution in [0, 0.1) is 0 Å². The van der Waals surface area contributed by atoms with Gasteiger partial charge in [-0.05, 0) is 0 Å². The number of rotatable bonds is 18. The minimum absolute atomic E-state index is 0.0765. The molecule has 38 nitrogen and oxygen atoms in total. The van der Waals surface area contributed by atoms with Crippen LogP contribution in [0.1, 0.15) is 12.5 Å².